The van der Waals surface area contributed by atoms with Gasteiger partial charge in [-0.05, 0) is 36.8 Å². The third-order valence-corrected chi connectivity index (χ3v) is 4.69. The highest BCUT2D eigenvalue weighted by molar-refractivity contribution is 6.10. The Hall–Kier alpha value is -3.62. The first-order chi connectivity index (χ1) is 13.8. The molecule has 1 heterocycles. The molecular formula is C20H20FN3O5. The molecule has 1 unspecified atom stereocenters. The van der Waals surface area contributed by atoms with Crippen LogP contribution in [0.25, 0.3) is 0 Å². The number of benzene rings is 2. The van der Waals surface area contributed by atoms with Gasteiger partial charge < -0.3 is 20.1 Å². The van der Waals surface area contributed by atoms with Gasteiger partial charge in [0, 0.05) is 0 Å². The van der Waals surface area contributed by atoms with Crippen LogP contribution in [-0.2, 0) is 15.1 Å². The van der Waals surface area contributed by atoms with E-state index in [4.69, 9.17) is 9.47 Å². The predicted molar refractivity (Wildman–Crippen MR) is 102 cm³/mol. The monoisotopic (exact) mass is 401 g/mol. The van der Waals surface area contributed by atoms with Crippen LogP contribution >= 0.6 is 0 Å². The molecule has 0 aromatic heterocycles. The van der Waals surface area contributed by atoms with Crippen molar-refractivity contribution in [3.63, 3.8) is 0 Å². The second-order valence-electron chi connectivity index (χ2n) is 6.54. The molecule has 1 aliphatic rings. The van der Waals surface area contributed by atoms with Gasteiger partial charge in [0.25, 0.3) is 5.91 Å². The quantitative estimate of drug-likeness (QED) is 0.724. The molecule has 1 fully saturated rings. The zero-order valence-corrected chi connectivity index (χ0v) is 16.1. The van der Waals surface area contributed by atoms with Crippen molar-refractivity contribution in [2.45, 2.75) is 12.5 Å². The summed E-state index contributed by atoms with van der Waals surface area (Å²) in [7, 11) is 2.94. The maximum Gasteiger partial charge on any atom is 0.325 e. The van der Waals surface area contributed by atoms with Gasteiger partial charge >= 0.3 is 6.03 Å². The maximum atomic E-state index is 13.7. The van der Waals surface area contributed by atoms with Crippen molar-refractivity contribution in [2.24, 2.45) is 0 Å². The van der Waals surface area contributed by atoms with E-state index in [1.807, 2.05) is 0 Å². The van der Waals surface area contributed by atoms with Gasteiger partial charge in [-0.2, -0.15) is 0 Å². The van der Waals surface area contributed by atoms with Gasteiger partial charge in [0.2, 0.25) is 5.91 Å². The Kier molecular flexibility index (Phi) is 5.40. The largest absolute Gasteiger partial charge is 0.493 e. The van der Waals surface area contributed by atoms with E-state index in [0.29, 0.717) is 17.1 Å². The predicted octanol–water partition coefficient (Wildman–Crippen LogP) is 2.25. The van der Waals surface area contributed by atoms with Gasteiger partial charge in [-0.3, -0.25) is 14.5 Å². The van der Waals surface area contributed by atoms with Crippen molar-refractivity contribution in [3.8, 4) is 11.5 Å². The van der Waals surface area contributed by atoms with Crippen molar-refractivity contribution in [2.75, 3.05) is 26.1 Å². The van der Waals surface area contributed by atoms with Crippen LogP contribution in [0.3, 0.4) is 0 Å². The normalized spacial score (nSPS) is 18.4. The molecule has 3 rings (SSSR count). The molecule has 152 valence electrons. The van der Waals surface area contributed by atoms with E-state index in [9.17, 15) is 18.8 Å². The van der Waals surface area contributed by atoms with E-state index in [1.165, 1.54) is 39.3 Å². The zero-order valence-electron chi connectivity index (χ0n) is 16.1. The Morgan fingerprint density at radius 1 is 1.14 bits per heavy atom. The fraction of sp³-hybridized carbons (Fsp3) is 0.250. The Morgan fingerprint density at radius 3 is 2.48 bits per heavy atom. The second kappa shape index (κ2) is 7.78. The molecule has 8 nitrogen and oxygen atoms in total. The number of rotatable bonds is 6. The Labute approximate surface area is 166 Å². The van der Waals surface area contributed by atoms with Crippen LogP contribution in [0.5, 0.6) is 11.5 Å². The second-order valence-corrected chi connectivity index (χ2v) is 6.54. The lowest BCUT2D eigenvalue weighted by atomic mass is 9.91. The Morgan fingerprint density at radius 2 is 1.83 bits per heavy atom. The first-order valence-corrected chi connectivity index (χ1v) is 8.71. The van der Waals surface area contributed by atoms with E-state index >= 15 is 0 Å². The minimum Gasteiger partial charge on any atom is -0.493 e. The number of ether oxygens (including phenoxy) is 2. The number of urea groups is 1. The summed E-state index contributed by atoms with van der Waals surface area (Å²) in [6, 6.07) is 9.72. The minimum atomic E-state index is -1.39. The van der Waals surface area contributed by atoms with Gasteiger partial charge in [-0.25, -0.2) is 9.18 Å². The third-order valence-electron chi connectivity index (χ3n) is 4.69. The van der Waals surface area contributed by atoms with Crippen LogP contribution in [0, 0.1) is 5.82 Å². The molecular weight excluding hydrogens is 381 g/mol. The first kappa shape index (κ1) is 20.1. The van der Waals surface area contributed by atoms with Crippen molar-refractivity contribution >= 4 is 23.5 Å². The van der Waals surface area contributed by atoms with E-state index in [1.54, 1.807) is 24.3 Å². The number of hydrogen-bond acceptors (Lipinski definition) is 5. The lowest BCUT2D eigenvalue weighted by Gasteiger charge is -2.23. The Bertz CT molecular complexity index is 980. The fourth-order valence-corrected chi connectivity index (χ4v) is 3.08. The van der Waals surface area contributed by atoms with Crippen LogP contribution in [-0.4, -0.2) is 43.5 Å². The summed E-state index contributed by atoms with van der Waals surface area (Å²) in [4.78, 5) is 38.4. The molecule has 1 aliphatic heterocycles. The molecule has 4 amide bonds. The molecule has 2 aromatic rings. The van der Waals surface area contributed by atoms with Crippen LogP contribution in [0.15, 0.2) is 42.5 Å². The number of carbonyl (C=O) groups excluding carboxylic acids is 3. The summed E-state index contributed by atoms with van der Waals surface area (Å²) in [6.07, 6.45) is 0. The molecule has 0 bridgehead atoms. The van der Waals surface area contributed by atoms with Gasteiger partial charge in [-0.1, -0.05) is 18.2 Å². The van der Waals surface area contributed by atoms with Gasteiger partial charge in [0.05, 0.1) is 19.9 Å². The number of imide groups is 1. The zero-order chi connectivity index (χ0) is 21.2. The Balaban J connectivity index is 1.80. The molecule has 1 saturated heterocycles. The fourth-order valence-electron chi connectivity index (χ4n) is 3.08. The van der Waals surface area contributed by atoms with Crippen molar-refractivity contribution in [1.82, 2.24) is 10.2 Å². The van der Waals surface area contributed by atoms with Crippen LogP contribution in [0.4, 0.5) is 14.9 Å². The molecule has 0 aliphatic carbocycles. The number of anilines is 1. The summed E-state index contributed by atoms with van der Waals surface area (Å²) >= 11 is 0. The number of nitrogens with one attached hydrogen (secondary N) is 2. The SMILES string of the molecule is COc1ccc(C2(C)NC(=O)N(CC(=O)Nc3ccccc3F)C2=O)cc1OC. The highest BCUT2D eigenvalue weighted by Gasteiger charge is 2.49. The number of para-hydroxylation sites is 1. The van der Waals surface area contributed by atoms with Crippen molar-refractivity contribution < 1.29 is 28.2 Å². The number of nitrogens with zero attached hydrogens (tertiary/aromatic N) is 1. The number of hydrogen-bond donors (Lipinski definition) is 2. The summed E-state index contributed by atoms with van der Waals surface area (Å²) in [5, 5.41) is 4.96. The highest BCUT2D eigenvalue weighted by Crippen LogP contribution is 2.35. The lowest BCUT2D eigenvalue weighted by Crippen LogP contribution is -2.42. The number of carbonyl (C=O) groups is 3. The summed E-state index contributed by atoms with van der Waals surface area (Å²) < 4.78 is 24.1. The summed E-state index contributed by atoms with van der Waals surface area (Å²) in [6.45, 7) is 0.977. The van der Waals surface area contributed by atoms with Crippen molar-refractivity contribution in [3.05, 3.63) is 53.8 Å². The number of halogens is 1. The van der Waals surface area contributed by atoms with Gasteiger partial charge in [0.15, 0.2) is 11.5 Å². The molecule has 29 heavy (non-hydrogen) atoms. The molecule has 2 N–H and O–H groups in total. The number of methoxy groups -OCH3 is 2. The van der Waals surface area contributed by atoms with Crippen molar-refractivity contribution in [1.29, 1.82) is 0 Å². The smallest absolute Gasteiger partial charge is 0.325 e. The summed E-state index contributed by atoms with van der Waals surface area (Å²) in [5.74, 6) is -1.07. The third kappa shape index (κ3) is 3.71. The molecule has 0 saturated carbocycles. The summed E-state index contributed by atoms with van der Waals surface area (Å²) in [5.41, 5.74) is -0.965. The van der Waals surface area contributed by atoms with E-state index < -0.39 is 35.7 Å². The molecule has 0 radical (unpaired) electrons. The minimum absolute atomic E-state index is 0.0350. The van der Waals surface area contributed by atoms with Crippen LogP contribution in [0.2, 0.25) is 0 Å². The van der Waals surface area contributed by atoms with Crippen LogP contribution < -0.4 is 20.1 Å². The molecule has 1 atom stereocenters. The standard InChI is InChI=1S/C20H20FN3O5/c1-20(12-8-9-15(28-2)16(10-12)29-3)18(26)24(19(27)23-20)11-17(25)22-14-7-5-4-6-13(14)21/h4-10H,11H2,1-3H3,(H,22,25)(H,23,27). The average Bonchev–Trinajstić information content (AvgIpc) is 2.93. The lowest BCUT2D eigenvalue weighted by molar-refractivity contribution is -0.133. The van der Waals surface area contributed by atoms with E-state index in [2.05, 4.69) is 10.6 Å². The first-order valence-electron chi connectivity index (χ1n) is 8.71. The maximum absolute atomic E-state index is 13.7. The van der Waals surface area contributed by atoms with E-state index in [-0.39, 0.29) is 5.69 Å². The van der Waals surface area contributed by atoms with Crippen LogP contribution in [0.1, 0.15) is 12.5 Å². The van der Waals surface area contributed by atoms with Gasteiger partial charge in [0.1, 0.15) is 17.9 Å². The average molecular weight is 401 g/mol. The van der Waals surface area contributed by atoms with E-state index in [0.717, 1.165) is 4.90 Å². The number of amides is 4. The highest BCUT2D eigenvalue weighted by atomic mass is 19.1. The molecule has 0 spiro atoms. The molecule has 2 aromatic carbocycles. The topological polar surface area (TPSA) is 97.0 Å². The van der Waals surface area contributed by atoms with Gasteiger partial charge in [-0.15, -0.1) is 0 Å². The molecule has 9 heteroatoms.